The average Bonchev–Trinajstić information content (AvgIpc) is 2.38. The molecule has 0 aromatic rings. The minimum atomic E-state index is -0.643. The molecule has 0 rings (SSSR count). The number of thiocarbonyl (C=S) groups is 1. The van der Waals surface area contributed by atoms with Crippen molar-refractivity contribution in [3.8, 4) is 0 Å². The van der Waals surface area contributed by atoms with Crippen molar-refractivity contribution in [2.45, 2.75) is 72.3 Å². The molecular weight excluding hydrogens is 256 g/mol. The molecule has 0 radical (unpaired) electrons. The standard InChI is InChI=1S/C15H30N2OS/c1-6-10-15(11-7-2,13(16)19)14(18)17(5)12(8-3)9-4/h12H,6-11H2,1-5H3,(H2,16,19). The first-order valence-electron chi connectivity index (χ1n) is 7.48. The van der Waals surface area contributed by atoms with E-state index in [4.69, 9.17) is 18.0 Å². The lowest BCUT2D eigenvalue weighted by atomic mass is 9.77. The van der Waals surface area contributed by atoms with E-state index in [1.807, 2.05) is 11.9 Å². The lowest BCUT2D eigenvalue weighted by Crippen LogP contribution is -2.52. The molecule has 0 heterocycles. The summed E-state index contributed by atoms with van der Waals surface area (Å²) in [5.74, 6) is 0.109. The molecule has 2 N–H and O–H groups in total. The molecule has 0 fully saturated rings. The van der Waals surface area contributed by atoms with E-state index in [2.05, 4.69) is 27.7 Å². The highest BCUT2D eigenvalue weighted by molar-refractivity contribution is 7.80. The Labute approximate surface area is 123 Å². The summed E-state index contributed by atoms with van der Waals surface area (Å²) in [6, 6.07) is 0.273. The first-order valence-corrected chi connectivity index (χ1v) is 7.89. The monoisotopic (exact) mass is 286 g/mol. The minimum Gasteiger partial charge on any atom is -0.392 e. The Morgan fingerprint density at radius 2 is 1.58 bits per heavy atom. The lowest BCUT2D eigenvalue weighted by Gasteiger charge is -2.38. The molecule has 0 atom stereocenters. The molecule has 0 aromatic heterocycles. The fraction of sp³-hybridized carbons (Fsp3) is 0.867. The molecule has 0 aromatic carbocycles. The second-order valence-corrected chi connectivity index (χ2v) is 5.77. The molecular formula is C15H30N2OS. The molecule has 0 saturated carbocycles. The average molecular weight is 286 g/mol. The van der Waals surface area contributed by atoms with E-state index in [0.29, 0.717) is 4.99 Å². The second-order valence-electron chi connectivity index (χ2n) is 5.33. The molecule has 0 aliphatic heterocycles. The SMILES string of the molecule is CCCC(CCC)(C(=O)N(C)C(CC)CC)C(N)=S. The number of rotatable bonds is 9. The predicted octanol–water partition coefficient (Wildman–Crippen LogP) is 3.51. The van der Waals surface area contributed by atoms with Gasteiger partial charge in [0.05, 0.1) is 10.4 Å². The van der Waals surface area contributed by atoms with Crippen molar-refractivity contribution in [1.29, 1.82) is 0 Å². The highest BCUT2D eigenvalue weighted by Crippen LogP contribution is 2.33. The van der Waals surface area contributed by atoms with Crippen molar-refractivity contribution >= 4 is 23.1 Å². The summed E-state index contributed by atoms with van der Waals surface area (Å²) in [5, 5.41) is 0. The number of hydrogen-bond donors (Lipinski definition) is 1. The quantitative estimate of drug-likeness (QED) is 0.660. The van der Waals surface area contributed by atoms with E-state index in [0.717, 1.165) is 38.5 Å². The molecule has 0 unspecified atom stereocenters. The molecule has 0 saturated heterocycles. The number of carbonyl (C=O) groups excluding carboxylic acids is 1. The normalized spacial score (nSPS) is 11.7. The van der Waals surface area contributed by atoms with E-state index < -0.39 is 5.41 Å². The van der Waals surface area contributed by atoms with Gasteiger partial charge >= 0.3 is 0 Å². The molecule has 3 nitrogen and oxygen atoms in total. The number of hydrogen-bond acceptors (Lipinski definition) is 2. The highest BCUT2D eigenvalue weighted by atomic mass is 32.1. The van der Waals surface area contributed by atoms with Crippen molar-refractivity contribution in [2.24, 2.45) is 11.1 Å². The van der Waals surface area contributed by atoms with E-state index in [1.165, 1.54) is 0 Å². The van der Waals surface area contributed by atoms with Crippen LogP contribution in [0.25, 0.3) is 0 Å². The third-order valence-electron chi connectivity index (χ3n) is 4.05. The Kier molecular flexibility index (Phi) is 8.23. The van der Waals surface area contributed by atoms with Gasteiger partial charge in [-0.05, 0) is 25.7 Å². The van der Waals surface area contributed by atoms with Crippen LogP contribution in [0, 0.1) is 5.41 Å². The fourth-order valence-corrected chi connectivity index (χ4v) is 3.18. The third-order valence-corrected chi connectivity index (χ3v) is 4.44. The summed E-state index contributed by atoms with van der Waals surface area (Å²) in [7, 11) is 1.89. The predicted molar refractivity (Wildman–Crippen MR) is 86.2 cm³/mol. The van der Waals surface area contributed by atoms with Gasteiger partial charge in [-0.2, -0.15) is 0 Å². The van der Waals surface area contributed by atoms with Crippen LogP contribution in [0.5, 0.6) is 0 Å². The minimum absolute atomic E-state index is 0.109. The topological polar surface area (TPSA) is 46.3 Å². The Morgan fingerprint density at radius 3 is 1.84 bits per heavy atom. The van der Waals surface area contributed by atoms with Gasteiger partial charge in [-0.15, -0.1) is 0 Å². The van der Waals surface area contributed by atoms with Crippen LogP contribution in [0.4, 0.5) is 0 Å². The van der Waals surface area contributed by atoms with Crippen LogP contribution < -0.4 is 5.73 Å². The molecule has 19 heavy (non-hydrogen) atoms. The van der Waals surface area contributed by atoms with Crippen LogP contribution in [-0.4, -0.2) is 28.9 Å². The summed E-state index contributed by atoms with van der Waals surface area (Å²) < 4.78 is 0. The number of carbonyl (C=O) groups is 1. The van der Waals surface area contributed by atoms with E-state index >= 15 is 0 Å². The van der Waals surface area contributed by atoms with Gasteiger partial charge in [0.25, 0.3) is 0 Å². The highest BCUT2D eigenvalue weighted by Gasteiger charge is 2.42. The van der Waals surface area contributed by atoms with Gasteiger partial charge in [-0.25, -0.2) is 0 Å². The van der Waals surface area contributed by atoms with Gasteiger partial charge in [-0.3, -0.25) is 4.79 Å². The van der Waals surface area contributed by atoms with Crippen molar-refractivity contribution in [1.82, 2.24) is 4.90 Å². The van der Waals surface area contributed by atoms with E-state index in [1.54, 1.807) is 0 Å². The smallest absolute Gasteiger partial charge is 0.235 e. The van der Waals surface area contributed by atoms with Gasteiger partial charge in [0.2, 0.25) is 5.91 Å². The Morgan fingerprint density at radius 1 is 1.16 bits per heavy atom. The maximum atomic E-state index is 12.9. The summed E-state index contributed by atoms with van der Waals surface area (Å²) in [4.78, 5) is 15.1. The molecule has 112 valence electrons. The van der Waals surface area contributed by atoms with Crippen molar-refractivity contribution in [3.63, 3.8) is 0 Å². The maximum Gasteiger partial charge on any atom is 0.235 e. The fourth-order valence-electron chi connectivity index (χ4n) is 2.88. The number of nitrogens with zero attached hydrogens (tertiary/aromatic N) is 1. The zero-order valence-corrected chi connectivity index (χ0v) is 14.0. The molecule has 1 amide bonds. The molecule has 0 aliphatic carbocycles. The number of amides is 1. The second kappa shape index (κ2) is 8.51. The summed E-state index contributed by atoms with van der Waals surface area (Å²) in [5.41, 5.74) is 5.31. The number of nitrogens with two attached hydrogens (primary N) is 1. The van der Waals surface area contributed by atoms with Gasteiger partial charge in [0.15, 0.2) is 0 Å². The van der Waals surface area contributed by atoms with Crippen LogP contribution in [0.2, 0.25) is 0 Å². The first kappa shape index (κ1) is 18.4. The largest absolute Gasteiger partial charge is 0.392 e. The maximum absolute atomic E-state index is 12.9. The van der Waals surface area contributed by atoms with Gasteiger partial charge < -0.3 is 10.6 Å². The Bertz CT molecular complexity index is 295. The molecule has 0 spiro atoms. The van der Waals surface area contributed by atoms with E-state index in [9.17, 15) is 4.79 Å². The van der Waals surface area contributed by atoms with Crippen LogP contribution in [-0.2, 0) is 4.79 Å². The molecule has 0 bridgehead atoms. The third kappa shape index (κ3) is 4.16. The molecule has 0 aliphatic rings. The summed E-state index contributed by atoms with van der Waals surface area (Å²) >= 11 is 5.24. The zero-order chi connectivity index (χ0) is 15.1. The van der Waals surface area contributed by atoms with Crippen molar-refractivity contribution < 1.29 is 4.79 Å². The van der Waals surface area contributed by atoms with Crippen LogP contribution in [0.15, 0.2) is 0 Å². The summed E-state index contributed by atoms with van der Waals surface area (Å²) in [6.45, 7) is 8.38. The van der Waals surface area contributed by atoms with E-state index in [-0.39, 0.29) is 11.9 Å². The van der Waals surface area contributed by atoms with Gasteiger partial charge in [-0.1, -0.05) is 52.8 Å². The van der Waals surface area contributed by atoms with Gasteiger partial charge in [0.1, 0.15) is 0 Å². The Balaban J connectivity index is 5.34. The van der Waals surface area contributed by atoms with Crippen LogP contribution >= 0.6 is 12.2 Å². The Hall–Kier alpha value is -0.640. The van der Waals surface area contributed by atoms with Crippen LogP contribution in [0.3, 0.4) is 0 Å². The molecule has 4 heteroatoms. The van der Waals surface area contributed by atoms with Crippen LogP contribution in [0.1, 0.15) is 66.2 Å². The zero-order valence-electron chi connectivity index (χ0n) is 13.2. The van der Waals surface area contributed by atoms with Gasteiger partial charge in [0, 0.05) is 13.1 Å². The lowest BCUT2D eigenvalue weighted by molar-refractivity contribution is -0.140. The van der Waals surface area contributed by atoms with Crippen molar-refractivity contribution in [2.75, 3.05) is 7.05 Å². The first-order chi connectivity index (χ1) is 8.91. The summed E-state index contributed by atoms with van der Waals surface area (Å²) in [6.07, 6.45) is 5.26. The van der Waals surface area contributed by atoms with Crippen molar-refractivity contribution in [3.05, 3.63) is 0 Å².